The fraction of sp³-hybridized carbons (Fsp3) is 0.318. The lowest BCUT2D eigenvalue weighted by atomic mass is 9.44. The maximum Gasteiger partial charge on any atom is 0.233 e. The molecule has 0 bridgehead atoms. The van der Waals surface area contributed by atoms with E-state index in [-0.39, 0.29) is 41.6 Å². The minimum Gasteiger partial charge on any atom is -0.508 e. The second-order valence-corrected chi connectivity index (χ2v) is 14.8. The molecule has 6 nitrogen and oxygen atoms in total. The Morgan fingerprint density at radius 3 is 2.18 bits per heavy atom. The molecule has 4 aromatic carbocycles. The zero-order chi connectivity index (χ0) is 34.1. The van der Waals surface area contributed by atoms with Crippen LogP contribution in [0.5, 0.6) is 5.75 Å². The largest absolute Gasteiger partial charge is 0.508 e. The average molecular weight is 662 g/mol. The van der Waals surface area contributed by atoms with Gasteiger partial charge in [0.25, 0.3) is 0 Å². The van der Waals surface area contributed by atoms with Crippen LogP contribution < -0.4 is 0 Å². The zero-order valence-corrected chi connectivity index (χ0v) is 27.8. The summed E-state index contributed by atoms with van der Waals surface area (Å²) in [7, 11) is 0. The number of hydrogen-bond acceptors (Lipinski definition) is 5. The van der Waals surface area contributed by atoms with Crippen LogP contribution in [0, 0.1) is 23.7 Å². The van der Waals surface area contributed by atoms with Crippen LogP contribution in [0.3, 0.4) is 0 Å². The van der Waals surface area contributed by atoms with Crippen LogP contribution in [0.15, 0.2) is 115 Å². The highest BCUT2D eigenvalue weighted by atomic mass is 16.3. The summed E-state index contributed by atoms with van der Waals surface area (Å²) in [5.41, 5.74) is 1.83. The summed E-state index contributed by atoms with van der Waals surface area (Å²) < 4.78 is 0. The number of imide groups is 1. The fourth-order valence-electron chi connectivity index (χ4n) is 10.5. The van der Waals surface area contributed by atoms with E-state index in [0.29, 0.717) is 28.7 Å². The Bertz CT molecular complexity index is 2130. The molecule has 50 heavy (non-hydrogen) atoms. The topological polar surface area (TPSA) is 91.8 Å². The predicted octanol–water partition coefficient (Wildman–Crippen LogP) is 7.70. The van der Waals surface area contributed by atoms with Gasteiger partial charge in [-0.05, 0) is 65.6 Å². The minimum atomic E-state index is -1.39. The lowest BCUT2D eigenvalue weighted by Crippen LogP contribution is -2.59. The van der Waals surface area contributed by atoms with Crippen molar-refractivity contribution in [3.63, 3.8) is 0 Å². The average Bonchev–Trinajstić information content (AvgIpc) is 3.42. The third-order valence-electron chi connectivity index (χ3n) is 12.6. The fourth-order valence-corrected chi connectivity index (χ4v) is 10.5. The number of Topliss-reactive ketones (excluding diaryl/α,β-unsaturated/α-hetero) is 1. The van der Waals surface area contributed by atoms with Crippen LogP contribution in [0.1, 0.15) is 67.6 Å². The van der Waals surface area contributed by atoms with Gasteiger partial charge in [0.1, 0.15) is 5.75 Å². The van der Waals surface area contributed by atoms with Crippen LogP contribution in [0.4, 0.5) is 0 Å². The van der Waals surface area contributed by atoms with E-state index in [9.17, 15) is 14.7 Å². The number of likely N-dealkylation sites (tertiary alicyclic amines) is 1. The molecule has 4 aliphatic carbocycles. The number of carbonyl (C=O) groups excluding carboxylic acids is 4. The van der Waals surface area contributed by atoms with E-state index in [1.54, 1.807) is 11.0 Å². The van der Waals surface area contributed by atoms with Crippen LogP contribution >= 0.6 is 0 Å². The summed E-state index contributed by atoms with van der Waals surface area (Å²) in [6, 6.07) is 30.1. The van der Waals surface area contributed by atoms with E-state index >= 15 is 9.59 Å². The molecule has 0 spiro atoms. The maximum atomic E-state index is 15.3. The third-order valence-corrected chi connectivity index (χ3v) is 12.6. The molecular weight excluding hydrogens is 622 g/mol. The van der Waals surface area contributed by atoms with E-state index in [1.807, 2.05) is 91.0 Å². The molecule has 250 valence electrons. The molecule has 2 saturated carbocycles. The molecule has 1 aliphatic heterocycles. The van der Waals surface area contributed by atoms with E-state index in [2.05, 4.69) is 6.08 Å². The van der Waals surface area contributed by atoms with Gasteiger partial charge in [-0.25, -0.2) is 0 Å². The van der Waals surface area contributed by atoms with E-state index in [0.717, 1.165) is 48.4 Å². The van der Waals surface area contributed by atoms with Crippen molar-refractivity contribution in [2.45, 2.75) is 62.3 Å². The molecule has 2 amide bonds. The van der Waals surface area contributed by atoms with Crippen molar-refractivity contribution in [2.24, 2.45) is 23.7 Å². The second kappa shape index (κ2) is 11.8. The number of phenols is 1. The number of nitrogens with zero attached hydrogens (tertiary/aromatic N) is 1. The van der Waals surface area contributed by atoms with Crippen LogP contribution in [0.25, 0.3) is 16.3 Å². The highest BCUT2D eigenvalue weighted by Gasteiger charge is 2.66. The smallest absolute Gasteiger partial charge is 0.233 e. The first-order chi connectivity index (χ1) is 24.4. The minimum absolute atomic E-state index is 0.0437. The van der Waals surface area contributed by atoms with Crippen LogP contribution in [-0.2, 0) is 24.6 Å². The van der Waals surface area contributed by atoms with Crippen molar-refractivity contribution < 1.29 is 24.3 Å². The van der Waals surface area contributed by atoms with Gasteiger partial charge in [0.2, 0.25) is 11.8 Å². The van der Waals surface area contributed by atoms with Gasteiger partial charge in [-0.2, -0.15) is 0 Å². The molecule has 6 atom stereocenters. The van der Waals surface area contributed by atoms with Crippen molar-refractivity contribution in [3.05, 3.63) is 131 Å². The number of benzene rings is 4. The lowest BCUT2D eigenvalue weighted by Gasteiger charge is -2.55. The Morgan fingerprint density at radius 1 is 0.720 bits per heavy atom. The number of hydrogen-bond donors (Lipinski definition) is 1. The number of amides is 2. The number of carbonyl (C=O) groups is 4. The molecule has 1 saturated heterocycles. The molecule has 6 unspecified atom stereocenters. The zero-order valence-electron chi connectivity index (χ0n) is 27.8. The molecule has 3 fully saturated rings. The molecular formula is C44H39NO5. The normalized spacial score (nSPS) is 29.7. The number of ketones is 2. The summed E-state index contributed by atoms with van der Waals surface area (Å²) in [5, 5.41) is 13.6. The number of allylic oxidation sites excluding steroid dienone is 4. The van der Waals surface area contributed by atoms with E-state index in [1.165, 1.54) is 6.08 Å². The summed E-state index contributed by atoms with van der Waals surface area (Å²) in [6.45, 7) is 0. The van der Waals surface area contributed by atoms with Crippen molar-refractivity contribution in [2.75, 3.05) is 0 Å². The molecule has 1 N–H and O–H groups in total. The van der Waals surface area contributed by atoms with Gasteiger partial charge in [0, 0.05) is 29.0 Å². The number of fused-ring (bicyclic) bond motifs is 5. The quantitative estimate of drug-likeness (QED) is 0.179. The predicted molar refractivity (Wildman–Crippen MR) is 191 cm³/mol. The maximum absolute atomic E-state index is 15.3. The molecule has 9 rings (SSSR count). The summed E-state index contributed by atoms with van der Waals surface area (Å²) in [6.07, 6.45) is 9.02. The molecule has 6 heteroatoms. The Morgan fingerprint density at radius 2 is 1.42 bits per heavy atom. The molecule has 1 heterocycles. The first-order valence-corrected chi connectivity index (χ1v) is 18.1. The lowest BCUT2D eigenvalue weighted by molar-refractivity contribution is -0.144. The van der Waals surface area contributed by atoms with Gasteiger partial charge in [0.15, 0.2) is 11.6 Å². The summed E-state index contributed by atoms with van der Waals surface area (Å²) in [4.78, 5) is 60.8. The standard InChI is InChI=1S/C44H39NO5/c46-36-23-20-27-14-10-11-19-30(27)39(36)40-31-21-22-32-38(43(50)45(42(32)49)29-17-8-3-9-18-29)34(31)24-35-41(48)33(26-12-4-1-5-13-26)25-37(47)44(35,40)28-15-6-2-7-16-28/h1-2,4-7,10-16,19-21,23,25,29,32,34-35,38,40,46H,3,8-9,17-18,22,24H2. The highest BCUT2D eigenvalue weighted by molar-refractivity contribution is 6.32. The second-order valence-electron chi connectivity index (χ2n) is 14.8. The van der Waals surface area contributed by atoms with Gasteiger partial charge in [-0.1, -0.05) is 122 Å². The Balaban J connectivity index is 1.31. The molecule has 0 radical (unpaired) electrons. The number of phenolic OH excluding ortho intramolecular Hbond substituents is 1. The van der Waals surface area contributed by atoms with Crippen molar-refractivity contribution in [1.29, 1.82) is 0 Å². The van der Waals surface area contributed by atoms with Gasteiger partial charge in [-0.15, -0.1) is 0 Å². The number of aromatic hydroxyl groups is 1. The van der Waals surface area contributed by atoms with Crippen molar-refractivity contribution >= 4 is 39.7 Å². The summed E-state index contributed by atoms with van der Waals surface area (Å²) in [5.74, 6) is -3.68. The van der Waals surface area contributed by atoms with Gasteiger partial charge in [-0.3, -0.25) is 24.1 Å². The molecule has 4 aromatic rings. The van der Waals surface area contributed by atoms with Gasteiger partial charge in [0.05, 0.1) is 17.3 Å². The monoisotopic (exact) mass is 661 g/mol. The Kier molecular flexibility index (Phi) is 7.27. The first kappa shape index (κ1) is 30.9. The van der Waals surface area contributed by atoms with Crippen molar-refractivity contribution in [3.8, 4) is 5.75 Å². The van der Waals surface area contributed by atoms with Crippen LogP contribution in [0.2, 0.25) is 0 Å². The Hall–Kier alpha value is -5.10. The highest BCUT2D eigenvalue weighted by Crippen LogP contribution is 2.65. The number of rotatable bonds is 4. The van der Waals surface area contributed by atoms with E-state index < -0.39 is 35.0 Å². The third kappa shape index (κ3) is 4.33. The van der Waals surface area contributed by atoms with Gasteiger partial charge < -0.3 is 5.11 Å². The summed E-state index contributed by atoms with van der Waals surface area (Å²) >= 11 is 0. The molecule has 5 aliphatic rings. The Labute approximate surface area is 291 Å². The SMILES string of the molecule is O=C1C(c2ccccc2)=CC(=O)C2(c3ccccc3)C1CC1C(=CCC3C(=O)N(C4CCCCC4)C(=O)C31)C2c1c(O)ccc2ccccc12. The molecule has 0 aromatic heterocycles. The van der Waals surface area contributed by atoms with Crippen LogP contribution in [-0.4, -0.2) is 39.4 Å². The first-order valence-electron chi connectivity index (χ1n) is 18.1. The van der Waals surface area contributed by atoms with E-state index in [4.69, 9.17) is 0 Å². The van der Waals surface area contributed by atoms with Crippen molar-refractivity contribution in [1.82, 2.24) is 4.90 Å². The van der Waals surface area contributed by atoms with Gasteiger partial charge >= 0.3 is 0 Å².